The molecule has 3 aromatic rings. The van der Waals surface area contributed by atoms with E-state index in [-0.39, 0.29) is 5.91 Å². The van der Waals surface area contributed by atoms with Gasteiger partial charge in [0, 0.05) is 10.9 Å². The van der Waals surface area contributed by atoms with Crippen LogP contribution in [0.2, 0.25) is 0 Å². The number of aryl methyl sites for hydroxylation is 2. The highest BCUT2D eigenvalue weighted by Gasteiger charge is 2.31. The van der Waals surface area contributed by atoms with Crippen LogP contribution in [0.3, 0.4) is 0 Å². The van der Waals surface area contributed by atoms with Crippen molar-refractivity contribution in [2.24, 2.45) is 0 Å². The van der Waals surface area contributed by atoms with Gasteiger partial charge in [0.15, 0.2) is 6.10 Å². The summed E-state index contributed by atoms with van der Waals surface area (Å²) in [6.07, 6.45) is 1.54. The number of nitrogens with zero attached hydrogens (tertiary/aromatic N) is 2. The lowest BCUT2D eigenvalue weighted by Crippen LogP contribution is -2.46. The van der Waals surface area contributed by atoms with Crippen LogP contribution in [0.15, 0.2) is 47.8 Å². The molecule has 0 radical (unpaired) electrons. The van der Waals surface area contributed by atoms with Gasteiger partial charge in [-0.2, -0.15) is 0 Å². The van der Waals surface area contributed by atoms with Crippen LogP contribution in [-0.2, 0) is 11.2 Å². The van der Waals surface area contributed by atoms with Crippen LogP contribution in [0, 0.1) is 6.92 Å². The molecule has 30 heavy (non-hydrogen) atoms. The zero-order valence-electron chi connectivity index (χ0n) is 17.6. The maximum Gasteiger partial charge on any atom is 0.267 e. The number of hydrogen-bond acceptors (Lipinski definition) is 5. The number of carbonyl (C=O) groups is 1. The molecular weight excluding hydrogens is 396 g/mol. The van der Waals surface area contributed by atoms with E-state index in [0.717, 1.165) is 40.5 Å². The van der Waals surface area contributed by atoms with Gasteiger partial charge < -0.3 is 14.4 Å². The van der Waals surface area contributed by atoms with Gasteiger partial charge in [0.2, 0.25) is 0 Å². The lowest BCUT2D eigenvalue weighted by molar-refractivity contribution is -0.125. The van der Waals surface area contributed by atoms with E-state index in [9.17, 15) is 4.79 Å². The SMILES string of the molecule is CCCc1nc(-c2ccc3c(c2)N(CCOc2ccc(C)cc2)C(=O)C(C)O3)cs1. The molecule has 1 aliphatic rings. The molecule has 1 atom stereocenters. The second-order valence-corrected chi connectivity index (χ2v) is 8.41. The predicted molar refractivity (Wildman–Crippen MR) is 121 cm³/mol. The first-order valence-corrected chi connectivity index (χ1v) is 11.2. The molecule has 6 heteroatoms. The van der Waals surface area contributed by atoms with Crippen molar-refractivity contribution in [3.8, 4) is 22.8 Å². The largest absolute Gasteiger partial charge is 0.492 e. The number of aromatic nitrogens is 1. The molecule has 0 fully saturated rings. The summed E-state index contributed by atoms with van der Waals surface area (Å²) in [6.45, 7) is 6.84. The van der Waals surface area contributed by atoms with Crippen molar-refractivity contribution in [1.82, 2.24) is 4.98 Å². The molecule has 0 N–H and O–H groups in total. The van der Waals surface area contributed by atoms with Crippen molar-refractivity contribution in [2.45, 2.75) is 39.7 Å². The van der Waals surface area contributed by atoms with E-state index in [1.807, 2.05) is 49.4 Å². The van der Waals surface area contributed by atoms with Crippen LogP contribution in [0.4, 0.5) is 5.69 Å². The first-order valence-electron chi connectivity index (χ1n) is 10.3. The maximum absolute atomic E-state index is 12.8. The van der Waals surface area contributed by atoms with E-state index in [1.54, 1.807) is 23.2 Å². The van der Waals surface area contributed by atoms with Crippen LogP contribution in [0.5, 0.6) is 11.5 Å². The topological polar surface area (TPSA) is 51.7 Å². The van der Waals surface area contributed by atoms with Crippen LogP contribution >= 0.6 is 11.3 Å². The van der Waals surface area contributed by atoms with E-state index in [2.05, 4.69) is 12.3 Å². The average molecular weight is 423 g/mol. The van der Waals surface area contributed by atoms with Crippen LogP contribution in [0.25, 0.3) is 11.3 Å². The first kappa shape index (κ1) is 20.4. The first-order chi connectivity index (χ1) is 14.5. The van der Waals surface area contributed by atoms with E-state index < -0.39 is 6.10 Å². The number of amides is 1. The fourth-order valence-corrected chi connectivity index (χ4v) is 4.37. The summed E-state index contributed by atoms with van der Waals surface area (Å²) in [5, 5.41) is 3.21. The van der Waals surface area contributed by atoms with E-state index >= 15 is 0 Å². The van der Waals surface area contributed by atoms with Crippen molar-refractivity contribution < 1.29 is 14.3 Å². The van der Waals surface area contributed by atoms with Crippen molar-refractivity contribution in [2.75, 3.05) is 18.1 Å². The third kappa shape index (κ3) is 4.33. The van der Waals surface area contributed by atoms with Gasteiger partial charge in [-0.3, -0.25) is 4.79 Å². The van der Waals surface area contributed by atoms with Crippen molar-refractivity contribution >= 4 is 22.9 Å². The fraction of sp³-hybridized carbons (Fsp3) is 0.333. The van der Waals surface area contributed by atoms with Gasteiger partial charge in [-0.15, -0.1) is 11.3 Å². The van der Waals surface area contributed by atoms with Crippen molar-refractivity contribution in [3.63, 3.8) is 0 Å². The van der Waals surface area contributed by atoms with E-state index in [1.165, 1.54) is 5.56 Å². The standard InChI is InChI=1S/C24H26N2O3S/c1-4-5-23-25-20(15-30-23)18-8-11-22-21(14-18)26(24(27)17(3)29-22)12-13-28-19-9-6-16(2)7-10-19/h6-11,14-15,17H,4-5,12-13H2,1-3H3. The Kier molecular flexibility index (Phi) is 6.04. The third-order valence-corrected chi connectivity index (χ3v) is 5.99. The number of thiazole rings is 1. The van der Waals surface area contributed by atoms with E-state index in [4.69, 9.17) is 14.5 Å². The Morgan fingerprint density at radius 1 is 1.20 bits per heavy atom. The maximum atomic E-state index is 12.8. The fourth-order valence-electron chi connectivity index (χ4n) is 3.46. The summed E-state index contributed by atoms with van der Waals surface area (Å²) in [5.74, 6) is 1.46. The molecular formula is C24H26N2O3S. The molecule has 0 spiro atoms. The van der Waals surface area contributed by atoms with Crippen LogP contribution < -0.4 is 14.4 Å². The Morgan fingerprint density at radius 3 is 2.77 bits per heavy atom. The number of anilines is 1. The Morgan fingerprint density at radius 2 is 2.00 bits per heavy atom. The Hall–Kier alpha value is -2.86. The zero-order chi connectivity index (χ0) is 21.1. The number of benzene rings is 2. The lowest BCUT2D eigenvalue weighted by atomic mass is 10.1. The highest BCUT2D eigenvalue weighted by molar-refractivity contribution is 7.09. The predicted octanol–water partition coefficient (Wildman–Crippen LogP) is 5.26. The number of ether oxygens (including phenoxy) is 2. The lowest BCUT2D eigenvalue weighted by Gasteiger charge is -2.33. The second-order valence-electron chi connectivity index (χ2n) is 7.47. The molecule has 1 unspecified atom stereocenters. The molecule has 1 aromatic heterocycles. The van der Waals surface area contributed by atoms with Crippen molar-refractivity contribution in [3.05, 3.63) is 58.4 Å². The molecule has 2 aromatic carbocycles. The smallest absolute Gasteiger partial charge is 0.267 e. The molecule has 0 aliphatic carbocycles. The normalized spacial score (nSPS) is 15.6. The summed E-state index contributed by atoms with van der Waals surface area (Å²) >= 11 is 1.68. The Balaban J connectivity index is 1.55. The molecule has 0 bridgehead atoms. The minimum absolute atomic E-state index is 0.0582. The highest BCUT2D eigenvalue weighted by atomic mass is 32.1. The minimum Gasteiger partial charge on any atom is -0.492 e. The Bertz CT molecular complexity index is 1030. The van der Waals surface area contributed by atoms with Gasteiger partial charge in [0.1, 0.15) is 18.1 Å². The van der Waals surface area contributed by atoms with Gasteiger partial charge >= 0.3 is 0 Å². The highest BCUT2D eigenvalue weighted by Crippen LogP contribution is 2.37. The zero-order valence-corrected chi connectivity index (χ0v) is 18.4. The summed E-state index contributed by atoms with van der Waals surface area (Å²) < 4.78 is 11.7. The van der Waals surface area contributed by atoms with Crippen LogP contribution in [-0.4, -0.2) is 30.1 Å². The summed E-state index contributed by atoms with van der Waals surface area (Å²) in [7, 11) is 0. The third-order valence-electron chi connectivity index (χ3n) is 5.08. The molecule has 156 valence electrons. The second kappa shape index (κ2) is 8.88. The van der Waals surface area contributed by atoms with Gasteiger partial charge in [0.25, 0.3) is 5.91 Å². The monoisotopic (exact) mass is 422 g/mol. The number of rotatable bonds is 7. The van der Waals surface area contributed by atoms with Crippen LogP contribution in [0.1, 0.15) is 30.8 Å². The average Bonchev–Trinajstić information content (AvgIpc) is 3.21. The number of fused-ring (bicyclic) bond motifs is 1. The molecule has 1 amide bonds. The number of carbonyl (C=O) groups excluding carboxylic acids is 1. The summed E-state index contributed by atoms with van der Waals surface area (Å²) in [6, 6.07) is 13.9. The van der Waals surface area contributed by atoms with Crippen molar-refractivity contribution in [1.29, 1.82) is 0 Å². The van der Waals surface area contributed by atoms with Gasteiger partial charge in [-0.1, -0.05) is 24.6 Å². The Labute approximate surface area is 181 Å². The molecule has 2 heterocycles. The summed E-state index contributed by atoms with van der Waals surface area (Å²) in [5.41, 5.74) is 3.88. The molecule has 5 nitrogen and oxygen atoms in total. The number of hydrogen-bond donors (Lipinski definition) is 0. The quantitative estimate of drug-likeness (QED) is 0.521. The van der Waals surface area contributed by atoms with E-state index in [0.29, 0.717) is 18.9 Å². The molecule has 4 rings (SSSR count). The molecule has 1 aliphatic heterocycles. The summed E-state index contributed by atoms with van der Waals surface area (Å²) in [4.78, 5) is 19.3. The minimum atomic E-state index is -0.516. The molecule has 0 saturated carbocycles. The van der Waals surface area contributed by atoms with Gasteiger partial charge in [0.05, 0.1) is 22.9 Å². The van der Waals surface area contributed by atoms with Gasteiger partial charge in [-0.25, -0.2) is 4.98 Å². The van der Waals surface area contributed by atoms with Gasteiger partial charge in [-0.05, 0) is 57.0 Å². The molecule has 0 saturated heterocycles.